The molecule has 140 valence electrons. The van der Waals surface area contributed by atoms with Gasteiger partial charge in [-0.2, -0.15) is 0 Å². The fraction of sp³-hybridized carbons (Fsp3) is 0.222. The summed E-state index contributed by atoms with van der Waals surface area (Å²) in [6.45, 7) is 1.88. The van der Waals surface area contributed by atoms with Crippen LogP contribution >= 0.6 is 11.3 Å². The number of benzene rings is 1. The summed E-state index contributed by atoms with van der Waals surface area (Å²) < 4.78 is 13.9. The van der Waals surface area contributed by atoms with Crippen molar-refractivity contribution in [2.75, 3.05) is 30.8 Å². The number of rotatable bonds is 6. The van der Waals surface area contributed by atoms with Gasteiger partial charge in [-0.1, -0.05) is 17.4 Å². The van der Waals surface area contributed by atoms with Gasteiger partial charge in [0.15, 0.2) is 5.13 Å². The second-order valence-electron chi connectivity index (χ2n) is 6.06. The van der Waals surface area contributed by atoms with Crippen molar-refractivity contribution in [2.45, 2.75) is 6.92 Å². The Morgan fingerprint density at radius 2 is 1.85 bits per heavy atom. The highest BCUT2D eigenvalue weighted by molar-refractivity contribution is 7.22. The van der Waals surface area contributed by atoms with Gasteiger partial charge in [0, 0.05) is 5.69 Å². The molecule has 0 atom stereocenters. The average Bonchev–Trinajstić information content (AvgIpc) is 2.95. The highest BCUT2D eigenvalue weighted by Gasteiger charge is 2.13. The maximum Gasteiger partial charge on any atom is 0.240 e. The molecule has 0 aliphatic carbocycles. The number of nitrogens with zero attached hydrogens (tertiary/aromatic N) is 3. The average molecular weight is 387 g/mol. The molecule has 0 bridgehead atoms. The fourth-order valence-corrected chi connectivity index (χ4v) is 3.36. The molecule has 0 aliphatic rings. The first-order chi connectivity index (χ1) is 12.9. The summed E-state index contributed by atoms with van der Waals surface area (Å²) in [6.07, 6.45) is 0. The van der Waals surface area contributed by atoms with E-state index in [9.17, 15) is 14.0 Å². The molecule has 27 heavy (non-hydrogen) atoms. The summed E-state index contributed by atoms with van der Waals surface area (Å²) in [7, 11) is 1.66. The van der Waals surface area contributed by atoms with Crippen LogP contribution in [-0.4, -0.2) is 46.8 Å². The Balaban J connectivity index is 1.51. The van der Waals surface area contributed by atoms with Crippen LogP contribution in [-0.2, 0) is 9.59 Å². The Morgan fingerprint density at radius 3 is 2.59 bits per heavy atom. The first-order valence-electron chi connectivity index (χ1n) is 8.17. The van der Waals surface area contributed by atoms with Gasteiger partial charge >= 0.3 is 0 Å². The van der Waals surface area contributed by atoms with Crippen molar-refractivity contribution in [1.29, 1.82) is 0 Å². The van der Waals surface area contributed by atoms with Crippen LogP contribution in [0.5, 0.6) is 0 Å². The summed E-state index contributed by atoms with van der Waals surface area (Å²) in [5, 5.41) is 5.75. The van der Waals surface area contributed by atoms with Gasteiger partial charge in [0.05, 0.1) is 23.3 Å². The number of aryl methyl sites for hydroxylation is 1. The summed E-state index contributed by atoms with van der Waals surface area (Å²) in [5.74, 6) is -0.449. The Kier molecular flexibility index (Phi) is 5.72. The van der Waals surface area contributed by atoms with Crippen LogP contribution < -0.4 is 10.6 Å². The van der Waals surface area contributed by atoms with E-state index < -0.39 is 0 Å². The van der Waals surface area contributed by atoms with Crippen molar-refractivity contribution >= 4 is 44.3 Å². The summed E-state index contributed by atoms with van der Waals surface area (Å²) in [6, 6.07) is 9.60. The van der Waals surface area contributed by atoms with E-state index in [2.05, 4.69) is 20.6 Å². The SMILES string of the molecule is Cc1cccc(NC(=O)CN(C)CC(=O)Nc2nc3ccc(F)cc3s2)n1. The molecule has 9 heteroatoms. The minimum absolute atomic E-state index is 0.0128. The minimum atomic E-state index is -0.349. The lowest BCUT2D eigenvalue weighted by Crippen LogP contribution is -2.36. The molecule has 0 saturated heterocycles. The van der Waals surface area contributed by atoms with Crippen LogP contribution in [0.1, 0.15) is 5.69 Å². The number of pyridine rings is 1. The first kappa shape index (κ1) is 18.9. The summed E-state index contributed by atoms with van der Waals surface area (Å²) in [4.78, 5) is 34.2. The standard InChI is InChI=1S/C18H18FN5O2S/c1-11-4-3-5-15(20-11)22-16(25)9-24(2)10-17(26)23-18-21-13-7-6-12(19)8-14(13)27-18/h3-8H,9-10H2,1-2H3,(H,20,22,25)(H,21,23,26). The van der Waals surface area contributed by atoms with Crippen molar-refractivity contribution in [2.24, 2.45) is 0 Å². The smallest absolute Gasteiger partial charge is 0.240 e. The van der Waals surface area contributed by atoms with Gasteiger partial charge < -0.3 is 10.6 Å². The van der Waals surface area contributed by atoms with E-state index in [1.165, 1.54) is 23.5 Å². The van der Waals surface area contributed by atoms with E-state index >= 15 is 0 Å². The van der Waals surface area contributed by atoms with Gasteiger partial charge in [0.1, 0.15) is 11.6 Å². The molecular weight excluding hydrogens is 369 g/mol. The van der Waals surface area contributed by atoms with Crippen LogP contribution in [0, 0.1) is 12.7 Å². The van der Waals surface area contributed by atoms with Gasteiger partial charge in [-0.05, 0) is 44.3 Å². The molecule has 2 aromatic heterocycles. The monoisotopic (exact) mass is 387 g/mol. The number of fused-ring (bicyclic) bond motifs is 1. The summed E-state index contributed by atoms with van der Waals surface area (Å²) in [5.41, 5.74) is 1.42. The van der Waals surface area contributed by atoms with Gasteiger partial charge in [0.25, 0.3) is 0 Å². The lowest BCUT2D eigenvalue weighted by molar-refractivity contribution is -0.119. The molecule has 0 radical (unpaired) electrons. The molecule has 0 unspecified atom stereocenters. The quantitative estimate of drug-likeness (QED) is 0.679. The Bertz CT molecular complexity index is 991. The molecule has 0 fully saturated rings. The number of carbonyl (C=O) groups excluding carboxylic acids is 2. The Labute approximate surface area is 159 Å². The van der Waals surface area contributed by atoms with Crippen LogP contribution in [0.3, 0.4) is 0 Å². The third-order valence-corrected chi connectivity index (χ3v) is 4.51. The highest BCUT2D eigenvalue weighted by atomic mass is 32.1. The number of amides is 2. The molecule has 2 amide bonds. The first-order valence-corrected chi connectivity index (χ1v) is 8.99. The number of carbonyl (C=O) groups is 2. The van der Waals surface area contributed by atoms with Crippen LogP contribution in [0.4, 0.5) is 15.3 Å². The number of aromatic nitrogens is 2. The number of thiazole rings is 1. The van der Waals surface area contributed by atoms with E-state index in [4.69, 9.17) is 0 Å². The normalized spacial score (nSPS) is 11.0. The lowest BCUT2D eigenvalue weighted by atomic mass is 10.3. The van der Waals surface area contributed by atoms with E-state index in [1.54, 1.807) is 30.1 Å². The van der Waals surface area contributed by atoms with Crippen molar-refractivity contribution in [3.05, 3.63) is 47.9 Å². The molecule has 2 N–H and O–H groups in total. The van der Waals surface area contributed by atoms with E-state index in [1.807, 2.05) is 13.0 Å². The van der Waals surface area contributed by atoms with Crippen molar-refractivity contribution in [3.8, 4) is 0 Å². The number of anilines is 2. The van der Waals surface area contributed by atoms with Crippen molar-refractivity contribution in [3.63, 3.8) is 0 Å². The Morgan fingerprint density at radius 1 is 1.11 bits per heavy atom. The van der Waals surface area contributed by atoms with E-state index in [0.717, 1.165) is 5.69 Å². The molecule has 1 aromatic carbocycles. The number of hydrogen-bond acceptors (Lipinski definition) is 6. The predicted octanol–water partition coefficient (Wildman–Crippen LogP) is 2.65. The molecule has 3 rings (SSSR count). The van der Waals surface area contributed by atoms with Crippen LogP contribution in [0.15, 0.2) is 36.4 Å². The molecule has 7 nitrogen and oxygen atoms in total. The highest BCUT2D eigenvalue weighted by Crippen LogP contribution is 2.26. The van der Waals surface area contributed by atoms with Gasteiger partial charge in [-0.25, -0.2) is 14.4 Å². The topological polar surface area (TPSA) is 87.2 Å². The molecule has 0 spiro atoms. The summed E-state index contributed by atoms with van der Waals surface area (Å²) >= 11 is 1.19. The van der Waals surface area contributed by atoms with Crippen molar-refractivity contribution < 1.29 is 14.0 Å². The number of likely N-dealkylation sites (N-methyl/N-ethyl adjacent to an activating group) is 1. The van der Waals surface area contributed by atoms with E-state index in [0.29, 0.717) is 21.2 Å². The largest absolute Gasteiger partial charge is 0.310 e. The lowest BCUT2D eigenvalue weighted by Gasteiger charge is -2.15. The number of hydrogen-bond donors (Lipinski definition) is 2. The zero-order valence-electron chi connectivity index (χ0n) is 14.8. The van der Waals surface area contributed by atoms with Gasteiger partial charge in [-0.3, -0.25) is 14.5 Å². The van der Waals surface area contributed by atoms with E-state index in [-0.39, 0.29) is 30.7 Å². The van der Waals surface area contributed by atoms with Gasteiger partial charge in [0.2, 0.25) is 11.8 Å². The molecule has 3 aromatic rings. The predicted molar refractivity (Wildman–Crippen MR) is 103 cm³/mol. The zero-order chi connectivity index (χ0) is 19.4. The fourth-order valence-electron chi connectivity index (χ4n) is 2.45. The molecule has 0 saturated carbocycles. The molecule has 2 heterocycles. The minimum Gasteiger partial charge on any atom is -0.310 e. The third-order valence-electron chi connectivity index (χ3n) is 3.58. The Hall–Kier alpha value is -2.91. The second kappa shape index (κ2) is 8.19. The number of nitrogens with one attached hydrogen (secondary N) is 2. The third kappa shape index (κ3) is 5.28. The van der Waals surface area contributed by atoms with Crippen LogP contribution in [0.2, 0.25) is 0 Å². The number of halogens is 1. The van der Waals surface area contributed by atoms with Crippen molar-refractivity contribution in [1.82, 2.24) is 14.9 Å². The second-order valence-corrected chi connectivity index (χ2v) is 7.09. The maximum atomic E-state index is 13.2. The maximum absolute atomic E-state index is 13.2. The van der Waals surface area contributed by atoms with Gasteiger partial charge in [-0.15, -0.1) is 0 Å². The molecular formula is C18H18FN5O2S. The molecule has 0 aliphatic heterocycles. The zero-order valence-corrected chi connectivity index (χ0v) is 15.6. The van der Waals surface area contributed by atoms with Crippen LogP contribution in [0.25, 0.3) is 10.2 Å².